The molecule has 2 amide bonds. The summed E-state index contributed by atoms with van der Waals surface area (Å²) < 4.78 is 5.06. The number of terminal acetylenes is 1. The monoisotopic (exact) mass is 343 g/mol. The minimum absolute atomic E-state index is 0.0336. The van der Waals surface area contributed by atoms with Gasteiger partial charge in [-0.2, -0.15) is 0 Å². The standard InChI is InChI=1S/C19H25N3O3/c1-3-12-22-13-8-16(9-14-22)19(24)21-11-10-20-18(23)15-4-6-17(25-2)7-5-15/h1,4-7,16H,8-14H2,2H3,(H,20,23)(H,21,24). The molecule has 0 atom stereocenters. The van der Waals surface area contributed by atoms with E-state index in [4.69, 9.17) is 11.2 Å². The lowest BCUT2D eigenvalue weighted by Gasteiger charge is -2.29. The summed E-state index contributed by atoms with van der Waals surface area (Å²) in [5.41, 5.74) is 0.563. The largest absolute Gasteiger partial charge is 0.497 e. The molecule has 2 rings (SSSR count). The summed E-state index contributed by atoms with van der Waals surface area (Å²) in [6.45, 7) is 3.18. The molecule has 1 aromatic rings. The predicted molar refractivity (Wildman–Crippen MR) is 96.3 cm³/mol. The fraction of sp³-hybridized carbons (Fsp3) is 0.474. The van der Waals surface area contributed by atoms with Crippen molar-refractivity contribution in [3.8, 4) is 18.1 Å². The number of carbonyl (C=O) groups excluding carboxylic acids is 2. The molecule has 6 heteroatoms. The van der Waals surface area contributed by atoms with Gasteiger partial charge in [0.2, 0.25) is 5.91 Å². The minimum atomic E-state index is -0.167. The molecule has 1 saturated heterocycles. The average molecular weight is 343 g/mol. The van der Waals surface area contributed by atoms with Gasteiger partial charge in [-0.15, -0.1) is 6.42 Å². The van der Waals surface area contributed by atoms with Crippen molar-refractivity contribution in [3.63, 3.8) is 0 Å². The number of hydrogen-bond acceptors (Lipinski definition) is 4. The van der Waals surface area contributed by atoms with Crippen LogP contribution in [0.25, 0.3) is 0 Å². The summed E-state index contributed by atoms with van der Waals surface area (Å²) >= 11 is 0. The Morgan fingerprint density at radius 3 is 2.44 bits per heavy atom. The lowest BCUT2D eigenvalue weighted by Crippen LogP contribution is -2.42. The zero-order valence-corrected chi connectivity index (χ0v) is 14.6. The lowest BCUT2D eigenvalue weighted by atomic mass is 9.96. The van der Waals surface area contributed by atoms with Crippen molar-refractivity contribution in [1.82, 2.24) is 15.5 Å². The van der Waals surface area contributed by atoms with Crippen molar-refractivity contribution in [3.05, 3.63) is 29.8 Å². The number of ether oxygens (including phenoxy) is 1. The Bertz CT molecular complexity index is 614. The first-order valence-electron chi connectivity index (χ1n) is 8.50. The first kappa shape index (κ1) is 18.8. The van der Waals surface area contributed by atoms with Gasteiger partial charge in [-0.05, 0) is 50.2 Å². The molecule has 1 aromatic carbocycles. The molecular formula is C19H25N3O3. The van der Waals surface area contributed by atoms with Gasteiger partial charge < -0.3 is 15.4 Å². The minimum Gasteiger partial charge on any atom is -0.497 e. The van der Waals surface area contributed by atoms with Crippen LogP contribution < -0.4 is 15.4 Å². The molecule has 1 fully saturated rings. The Hall–Kier alpha value is -2.52. The van der Waals surface area contributed by atoms with E-state index >= 15 is 0 Å². The molecule has 0 radical (unpaired) electrons. The average Bonchev–Trinajstić information content (AvgIpc) is 2.65. The zero-order valence-electron chi connectivity index (χ0n) is 14.6. The van der Waals surface area contributed by atoms with Crippen LogP contribution in [0.5, 0.6) is 5.75 Å². The van der Waals surface area contributed by atoms with Crippen LogP contribution in [-0.4, -0.2) is 56.5 Å². The Balaban J connectivity index is 1.64. The molecule has 1 aliphatic heterocycles. The van der Waals surface area contributed by atoms with E-state index in [0.717, 1.165) is 25.9 Å². The fourth-order valence-corrected chi connectivity index (χ4v) is 2.83. The van der Waals surface area contributed by atoms with E-state index in [0.29, 0.717) is 30.9 Å². The molecule has 1 aliphatic rings. The number of methoxy groups -OCH3 is 1. The second-order valence-electron chi connectivity index (χ2n) is 6.03. The summed E-state index contributed by atoms with van der Waals surface area (Å²) in [4.78, 5) is 26.3. The van der Waals surface area contributed by atoms with Crippen LogP contribution in [0.3, 0.4) is 0 Å². The fourth-order valence-electron chi connectivity index (χ4n) is 2.83. The van der Waals surface area contributed by atoms with E-state index in [1.54, 1.807) is 31.4 Å². The van der Waals surface area contributed by atoms with Gasteiger partial charge >= 0.3 is 0 Å². The maximum Gasteiger partial charge on any atom is 0.251 e. The predicted octanol–water partition coefficient (Wildman–Crippen LogP) is 0.886. The number of nitrogens with zero attached hydrogens (tertiary/aromatic N) is 1. The molecule has 0 aliphatic carbocycles. The van der Waals surface area contributed by atoms with E-state index in [1.165, 1.54) is 0 Å². The molecule has 0 bridgehead atoms. The summed E-state index contributed by atoms with van der Waals surface area (Å²) in [6, 6.07) is 6.89. The SMILES string of the molecule is C#CCN1CCC(C(=O)NCCNC(=O)c2ccc(OC)cc2)CC1. The van der Waals surface area contributed by atoms with Crippen LogP contribution >= 0.6 is 0 Å². The summed E-state index contributed by atoms with van der Waals surface area (Å²) in [5.74, 6) is 3.26. The maximum atomic E-state index is 12.2. The van der Waals surface area contributed by atoms with E-state index < -0.39 is 0 Å². The number of amides is 2. The lowest BCUT2D eigenvalue weighted by molar-refractivity contribution is -0.126. The third kappa shape index (κ3) is 5.80. The third-order valence-electron chi connectivity index (χ3n) is 4.34. The molecule has 0 saturated carbocycles. The van der Waals surface area contributed by atoms with Crippen molar-refractivity contribution in [2.24, 2.45) is 5.92 Å². The topological polar surface area (TPSA) is 70.7 Å². The number of benzene rings is 1. The van der Waals surface area contributed by atoms with Crippen molar-refractivity contribution >= 4 is 11.8 Å². The molecule has 6 nitrogen and oxygen atoms in total. The number of piperidine rings is 1. The highest BCUT2D eigenvalue weighted by Gasteiger charge is 2.24. The van der Waals surface area contributed by atoms with Gasteiger partial charge in [0, 0.05) is 24.6 Å². The molecule has 0 spiro atoms. The Labute approximate surface area is 148 Å². The highest BCUT2D eigenvalue weighted by atomic mass is 16.5. The molecular weight excluding hydrogens is 318 g/mol. The van der Waals surface area contributed by atoms with E-state index in [-0.39, 0.29) is 17.7 Å². The van der Waals surface area contributed by atoms with Crippen molar-refractivity contribution in [1.29, 1.82) is 0 Å². The van der Waals surface area contributed by atoms with Crippen molar-refractivity contribution in [2.75, 3.05) is 39.8 Å². The second kappa shape index (κ2) is 9.70. The molecule has 1 heterocycles. The van der Waals surface area contributed by atoms with Crippen LogP contribution in [-0.2, 0) is 4.79 Å². The van der Waals surface area contributed by atoms with E-state index in [9.17, 15) is 9.59 Å². The summed E-state index contributed by atoms with van der Waals surface area (Å²) in [7, 11) is 1.58. The molecule has 25 heavy (non-hydrogen) atoms. The Morgan fingerprint density at radius 2 is 1.84 bits per heavy atom. The number of rotatable bonds is 7. The van der Waals surface area contributed by atoms with Crippen LogP contribution in [0, 0.1) is 18.3 Å². The highest BCUT2D eigenvalue weighted by Crippen LogP contribution is 2.16. The van der Waals surface area contributed by atoms with Crippen LogP contribution in [0.15, 0.2) is 24.3 Å². The molecule has 2 N–H and O–H groups in total. The molecule has 0 unspecified atom stereocenters. The van der Waals surface area contributed by atoms with Crippen LogP contribution in [0.4, 0.5) is 0 Å². The Morgan fingerprint density at radius 1 is 1.20 bits per heavy atom. The highest BCUT2D eigenvalue weighted by molar-refractivity contribution is 5.94. The summed E-state index contributed by atoms with van der Waals surface area (Å²) in [5, 5.41) is 5.69. The zero-order chi connectivity index (χ0) is 18.1. The number of nitrogens with one attached hydrogen (secondary N) is 2. The van der Waals surface area contributed by atoms with Crippen LogP contribution in [0.2, 0.25) is 0 Å². The van der Waals surface area contributed by atoms with Gasteiger partial charge in [0.25, 0.3) is 5.91 Å². The normalized spacial score (nSPS) is 15.2. The van der Waals surface area contributed by atoms with Gasteiger partial charge in [0.05, 0.1) is 13.7 Å². The maximum absolute atomic E-state index is 12.2. The first-order valence-corrected chi connectivity index (χ1v) is 8.50. The van der Waals surface area contributed by atoms with Gasteiger partial charge in [-0.25, -0.2) is 0 Å². The van der Waals surface area contributed by atoms with Gasteiger partial charge in [-0.3, -0.25) is 14.5 Å². The van der Waals surface area contributed by atoms with Crippen molar-refractivity contribution in [2.45, 2.75) is 12.8 Å². The van der Waals surface area contributed by atoms with Gasteiger partial charge in [0.1, 0.15) is 5.75 Å². The quantitative estimate of drug-likeness (QED) is 0.570. The second-order valence-corrected chi connectivity index (χ2v) is 6.03. The third-order valence-corrected chi connectivity index (χ3v) is 4.34. The number of likely N-dealkylation sites (tertiary alicyclic amines) is 1. The first-order chi connectivity index (χ1) is 12.1. The number of hydrogen-bond donors (Lipinski definition) is 2. The summed E-state index contributed by atoms with van der Waals surface area (Å²) in [6.07, 6.45) is 6.95. The molecule has 0 aromatic heterocycles. The van der Waals surface area contributed by atoms with Gasteiger partial charge in [-0.1, -0.05) is 5.92 Å². The number of carbonyl (C=O) groups is 2. The Kier molecular flexibility index (Phi) is 7.30. The smallest absolute Gasteiger partial charge is 0.251 e. The van der Waals surface area contributed by atoms with Crippen molar-refractivity contribution < 1.29 is 14.3 Å². The van der Waals surface area contributed by atoms with E-state index in [1.807, 2.05) is 0 Å². The van der Waals surface area contributed by atoms with E-state index in [2.05, 4.69) is 21.5 Å². The van der Waals surface area contributed by atoms with Gasteiger partial charge in [0.15, 0.2) is 0 Å². The van der Waals surface area contributed by atoms with Crippen LogP contribution in [0.1, 0.15) is 23.2 Å². The molecule has 134 valence electrons.